The largest absolute Gasteiger partial charge is 0.355 e. The first kappa shape index (κ1) is 11.9. The van der Waals surface area contributed by atoms with Gasteiger partial charge in [-0.1, -0.05) is 20.3 Å². The van der Waals surface area contributed by atoms with Gasteiger partial charge in [0.1, 0.15) is 0 Å². The molecule has 2 fully saturated rings. The van der Waals surface area contributed by atoms with Crippen LogP contribution in [0.3, 0.4) is 0 Å². The molecule has 1 amide bonds. The van der Waals surface area contributed by atoms with Crippen LogP contribution in [-0.4, -0.2) is 19.0 Å². The van der Waals surface area contributed by atoms with Gasteiger partial charge in [0.2, 0.25) is 5.91 Å². The third-order valence-corrected chi connectivity index (χ3v) is 4.59. The van der Waals surface area contributed by atoms with Crippen LogP contribution in [-0.2, 0) is 4.79 Å². The van der Waals surface area contributed by atoms with Gasteiger partial charge in [0.15, 0.2) is 0 Å². The molecular weight excluding hydrogens is 200 g/mol. The lowest BCUT2D eigenvalue weighted by molar-refractivity contribution is -0.138. The van der Waals surface area contributed by atoms with Gasteiger partial charge in [-0.3, -0.25) is 4.79 Å². The summed E-state index contributed by atoms with van der Waals surface area (Å²) in [6, 6.07) is 0. The number of carbonyl (C=O) groups excluding carboxylic acids is 1. The first-order chi connectivity index (χ1) is 7.50. The van der Waals surface area contributed by atoms with Crippen molar-refractivity contribution < 1.29 is 4.79 Å². The monoisotopic (exact) mass is 224 g/mol. The highest BCUT2D eigenvalue weighted by Gasteiger charge is 2.47. The first-order valence-corrected chi connectivity index (χ1v) is 6.48. The number of amides is 1. The summed E-state index contributed by atoms with van der Waals surface area (Å²) in [4.78, 5) is 12.1. The van der Waals surface area contributed by atoms with E-state index in [9.17, 15) is 4.79 Å². The Morgan fingerprint density at radius 1 is 1.44 bits per heavy atom. The zero-order valence-corrected chi connectivity index (χ0v) is 10.5. The van der Waals surface area contributed by atoms with Gasteiger partial charge in [-0.2, -0.15) is 0 Å². The molecule has 3 N–H and O–H groups in total. The van der Waals surface area contributed by atoms with Crippen LogP contribution in [0.4, 0.5) is 0 Å². The van der Waals surface area contributed by atoms with Crippen molar-refractivity contribution in [2.75, 3.05) is 13.1 Å². The Labute approximate surface area is 98.2 Å². The SMILES string of the molecule is CC1CC(CN)(C(=O)NCC2(C)CCC2)C1. The molecule has 0 bridgehead atoms. The van der Waals surface area contributed by atoms with Crippen LogP contribution in [0.15, 0.2) is 0 Å². The Hall–Kier alpha value is -0.570. The van der Waals surface area contributed by atoms with Gasteiger partial charge in [0.25, 0.3) is 0 Å². The van der Waals surface area contributed by atoms with E-state index in [0.717, 1.165) is 19.4 Å². The highest BCUT2D eigenvalue weighted by molar-refractivity contribution is 5.84. The number of nitrogens with one attached hydrogen (secondary N) is 1. The lowest BCUT2D eigenvalue weighted by atomic mass is 9.62. The molecule has 3 heteroatoms. The Balaban J connectivity index is 1.83. The van der Waals surface area contributed by atoms with Crippen molar-refractivity contribution >= 4 is 5.91 Å². The van der Waals surface area contributed by atoms with Crippen molar-refractivity contribution in [3.05, 3.63) is 0 Å². The van der Waals surface area contributed by atoms with E-state index in [1.54, 1.807) is 0 Å². The van der Waals surface area contributed by atoms with Crippen LogP contribution in [0.1, 0.15) is 46.0 Å². The molecule has 92 valence electrons. The van der Waals surface area contributed by atoms with E-state index in [1.807, 2.05) is 0 Å². The van der Waals surface area contributed by atoms with E-state index >= 15 is 0 Å². The highest BCUT2D eigenvalue weighted by atomic mass is 16.2. The van der Waals surface area contributed by atoms with Crippen LogP contribution < -0.4 is 11.1 Å². The summed E-state index contributed by atoms with van der Waals surface area (Å²) in [5.41, 5.74) is 5.88. The molecule has 0 saturated heterocycles. The third kappa shape index (κ3) is 1.97. The van der Waals surface area contributed by atoms with E-state index in [0.29, 0.717) is 17.9 Å². The molecule has 0 atom stereocenters. The second-order valence-electron chi connectivity index (χ2n) is 6.34. The minimum Gasteiger partial charge on any atom is -0.355 e. The van der Waals surface area contributed by atoms with E-state index in [4.69, 9.17) is 5.73 Å². The van der Waals surface area contributed by atoms with Crippen LogP contribution in [0.5, 0.6) is 0 Å². The minimum absolute atomic E-state index is 0.196. The van der Waals surface area contributed by atoms with Gasteiger partial charge in [0, 0.05) is 13.1 Å². The summed E-state index contributed by atoms with van der Waals surface area (Å²) < 4.78 is 0. The summed E-state index contributed by atoms with van der Waals surface area (Å²) >= 11 is 0. The second-order valence-corrected chi connectivity index (χ2v) is 6.34. The van der Waals surface area contributed by atoms with Crippen molar-refractivity contribution in [3.63, 3.8) is 0 Å². The molecule has 0 radical (unpaired) electrons. The minimum atomic E-state index is -0.237. The maximum atomic E-state index is 12.1. The van der Waals surface area contributed by atoms with Gasteiger partial charge in [-0.15, -0.1) is 0 Å². The van der Waals surface area contributed by atoms with Gasteiger partial charge in [-0.25, -0.2) is 0 Å². The average molecular weight is 224 g/mol. The number of nitrogens with two attached hydrogens (primary N) is 1. The quantitative estimate of drug-likeness (QED) is 0.763. The predicted octanol–water partition coefficient (Wildman–Crippen LogP) is 1.67. The fourth-order valence-electron chi connectivity index (χ4n) is 3.16. The van der Waals surface area contributed by atoms with Crippen molar-refractivity contribution in [3.8, 4) is 0 Å². The van der Waals surface area contributed by atoms with Gasteiger partial charge in [0.05, 0.1) is 5.41 Å². The topological polar surface area (TPSA) is 55.1 Å². The van der Waals surface area contributed by atoms with E-state index in [-0.39, 0.29) is 11.3 Å². The van der Waals surface area contributed by atoms with E-state index < -0.39 is 0 Å². The van der Waals surface area contributed by atoms with Crippen molar-refractivity contribution in [1.29, 1.82) is 0 Å². The molecular formula is C13H24N2O. The fraction of sp³-hybridized carbons (Fsp3) is 0.923. The van der Waals surface area contributed by atoms with Crippen molar-refractivity contribution in [1.82, 2.24) is 5.32 Å². The van der Waals surface area contributed by atoms with E-state index in [2.05, 4.69) is 19.2 Å². The molecule has 0 aromatic carbocycles. The maximum absolute atomic E-state index is 12.1. The van der Waals surface area contributed by atoms with Crippen molar-refractivity contribution in [2.45, 2.75) is 46.0 Å². The number of carbonyl (C=O) groups is 1. The van der Waals surface area contributed by atoms with Crippen LogP contribution >= 0.6 is 0 Å². The molecule has 2 aliphatic rings. The number of hydrogen-bond acceptors (Lipinski definition) is 2. The lowest BCUT2D eigenvalue weighted by Gasteiger charge is -2.45. The fourth-order valence-corrected chi connectivity index (χ4v) is 3.16. The van der Waals surface area contributed by atoms with Crippen molar-refractivity contribution in [2.24, 2.45) is 22.5 Å². The maximum Gasteiger partial charge on any atom is 0.227 e. The Kier molecular flexibility index (Phi) is 2.99. The zero-order chi connectivity index (χ0) is 11.8. The summed E-state index contributed by atoms with van der Waals surface area (Å²) in [5, 5.41) is 3.12. The molecule has 2 rings (SSSR count). The Bertz CT molecular complexity index is 278. The molecule has 0 unspecified atom stereocenters. The summed E-state index contributed by atoms with van der Waals surface area (Å²) in [6.07, 6.45) is 5.74. The number of rotatable bonds is 4. The zero-order valence-electron chi connectivity index (χ0n) is 10.5. The normalized spacial score (nSPS) is 36.1. The molecule has 0 spiro atoms. The third-order valence-electron chi connectivity index (χ3n) is 4.59. The molecule has 0 aromatic rings. The van der Waals surface area contributed by atoms with E-state index in [1.165, 1.54) is 19.3 Å². The van der Waals surface area contributed by atoms with Crippen LogP contribution in [0.2, 0.25) is 0 Å². The molecule has 16 heavy (non-hydrogen) atoms. The van der Waals surface area contributed by atoms with Gasteiger partial charge < -0.3 is 11.1 Å². The summed E-state index contributed by atoms with van der Waals surface area (Å²) in [7, 11) is 0. The second kappa shape index (κ2) is 4.02. The Morgan fingerprint density at radius 3 is 2.44 bits per heavy atom. The Morgan fingerprint density at radius 2 is 2.06 bits per heavy atom. The molecule has 2 aliphatic carbocycles. The molecule has 0 aliphatic heterocycles. The number of hydrogen-bond donors (Lipinski definition) is 2. The first-order valence-electron chi connectivity index (χ1n) is 6.48. The molecule has 3 nitrogen and oxygen atoms in total. The van der Waals surface area contributed by atoms with Gasteiger partial charge in [-0.05, 0) is 37.0 Å². The average Bonchev–Trinajstić information content (AvgIpc) is 2.18. The standard InChI is InChI=1S/C13H24N2O/c1-10-6-13(7-10,8-14)11(16)15-9-12(2)4-3-5-12/h10H,3-9,14H2,1-2H3,(H,15,16). The van der Waals surface area contributed by atoms with Crippen LogP contribution in [0, 0.1) is 16.7 Å². The highest BCUT2D eigenvalue weighted by Crippen LogP contribution is 2.45. The smallest absolute Gasteiger partial charge is 0.227 e. The predicted molar refractivity (Wildman–Crippen MR) is 64.9 cm³/mol. The molecule has 0 heterocycles. The summed E-state index contributed by atoms with van der Waals surface area (Å²) in [6.45, 7) is 5.78. The molecule has 0 aromatic heterocycles. The lowest BCUT2D eigenvalue weighted by Crippen LogP contribution is -2.55. The summed E-state index contributed by atoms with van der Waals surface area (Å²) in [5.74, 6) is 0.856. The van der Waals surface area contributed by atoms with Gasteiger partial charge >= 0.3 is 0 Å². The molecule has 2 saturated carbocycles. The van der Waals surface area contributed by atoms with Crippen LogP contribution in [0.25, 0.3) is 0 Å².